The molecule has 0 spiro atoms. The van der Waals surface area contributed by atoms with Crippen molar-refractivity contribution >= 4 is 23.0 Å². The first-order valence-electron chi connectivity index (χ1n) is 9.22. The Kier molecular flexibility index (Phi) is 4.52. The van der Waals surface area contributed by atoms with Crippen molar-refractivity contribution in [2.24, 2.45) is 0 Å². The van der Waals surface area contributed by atoms with Crippen LogP contribution in [0.5, 0.6) is 0 Å². The zero-order valence-electron chi connectivity index (χ0n) is 15.2. The minimum Gasteiger partial charge on any atom is -0.302 e. The Bertz CT molecular complexity index is 880. The minimum atomic E-state index is 0.132. The molecule has 0 saturated carbocycles. The molecule has 3 aromatic rings. The number of benzene rings is 1. The van der Waals surface area contributed by atoms with Gasteiger partial charge in [0.05, 0.1) is 0 Å². The van der Waals surface area contributed by atoms with Crippen LogP contribution >= 0.6 is 0 Å². The number of pyridine rings is 1. The van der Waals surface area contributed by atoms with E-state index in [-0.39, 0.29) is 6.17 Å². The molecule has 1 unspecified atom stereocenters. The first-order chi connectivity index (χ1) is 12.8. The van der Waals surface area contributed by atoms with E-state index in [0.717, 1.165) is 36.6 Å². The Hall–Kier alpha value is -2.95. The molecule has 4 rings (SSSR count). The van der Waals surface area contributed by atoms with E-state index in [2.05, 4.69) is 57.9 Å². The monoisotopic (exact) mass is 345 g/mol. The van der Waals surface area contributed by atoms with Gasteiger partial charge in [-0.25, -0.2) is 9.97 Å². The maximum atomic E-state index is 4.70. The summed E-state index contributed by atoms with van der Waals surface area (Å²) >= 11 is 0. The smallest absolute Gasteiger partial charge is 0.178 e. The lowest BCUT2D eigenvalue weighted by Gasteiger charge is -2.32. The molecule has 0 radical (unpaired) electrons. The van der Waals surface area contributed by atoms with E-state index in [0.29, 0.717) is 0 Å². The summed E-state index contributed by atoms with van der Waals surface area (Å²) < 4.78 is 0. The van der Waals surface area contributed by atoms with Gasteiger partial charge in [-0.15, -0.1) is 0 Å². The fourth-order valence-corrected chi connectivity index (χ4v) is 3.73. The maximum Gasteiger partial charge on any atom is 0.178 e. The first-order valence-corrected chi connectivity index (χ1v) is 9.22. The van der Waals surface area contributed by atoms with Crippen LogP contribution in [0.4, 0.5) is 23.0 Å². The fourth-order valence-electron chi connectivity index (χ4n) is 3.73. The molecule has 0 fully saturated rings. The van der Waals surface area contributed by atoms with Crippen LogP contribution in [0, 0.1) is 0 Å². The van der Waals surface area contributed by atoms with Crippen molar-refractivity contribution in [3.8, 4) is 0 Å². The number of para-hydroxylation sites is 1. The molecular weight excluding hydrogens is 322 g/mol. The summed E-state index contributed by atoms with van der Waals surface area (Å²) in [5, 5.41) is 0. The second kappa shape index (κ2) is 7.12. The predicted molar refractivity (Wildman–Crippen MR) is 105 cm³/mol. The number of fused-ring (bicyclic) bond motifs is 1. The van der Waals surface area contributed by atoms with Crippen LogP contribution in [-0.2, 0) is 6.42 Å². The summed E-state index contributed by atoms with van der Waals surface area (Å²) in [5.41, 5.74) is 3.66. The summed E-state index contributed by atoms with van der Waals surface area (Å²) in [7, 11) is 0. The SMILES string of the molecule is CCCc1ccccc1N1c2nccnc2N(c2ccncc2)C1CC. The lowest BCUT2D eigenvalue weighted by atomic mass is 10.1. The summed E-state index contributed by atoms with van der Waals surface area (Å²) in [6, 6.07) is 12.7. The standard InChI is InChI=1S/C21H23N5/c1-3-7-16-8-5-6-9-18(16)26-19(4-2)25(17-10-12-22-13-11-17)20-21(26)24-15-14-23-20/h5-6,8-15,19H,3-4,7H2,1-2H3. The van der Waals surface area contributed by atoms with Crippen molar-refractivity contribution < 1.29 is 0 Å². The van der Waals surface area contributed by atoms with E-state index in [1.165, 1.54) is 11.3 Å². The van der Waals surface area contributed by atoms with Gasteiger partial charge in [0.15, 0.2) is 11.6 Å². The van der Waals surface area contributed by atoms with Gasteiger partial charge >= 0.3 is 0 Å². The van der Waals surface area contributed by atoms with Gasteiger partial charge in [0, 0.05) is 36.2 Å². The van der Waals surface area contributed by atoms with Crippen molar-refractivity contribution in [1.29, 1.82) is 0 Å². The molecule has 0 N–H and O–H groups in total. The Morgan fingerprint density at radius 3 is 2.23 bits per heavy atom. The van der Waals surface area contributed by atoms with Crippen molar-refractivity contribution in [3.63, 3.8) is 0 Å². The van der Waals surface area contributed by atoms with Crippen LogP contribution in [0.15, 0.2) is 61.2 Å². The van der Waals surface area contributed by atoms with Crippen molar-refractivity contribution in [2.75, 3.05) is 9.80 Å². The average molecular weight is 345 g/mol. The number of nitrogens with zero attached hydrogens (tertiary/aromatic N) is 5. The molecule has 1 atom stereocenters. The molecule has 1 aliphatic heterocycles. The van der Waals surface area contributed by atoms with Gasteiger partial charge in [-0.05, 0) is 36.6 Å². The predicted octanol–water partition coefficient (Wildman–Crippen LogP) is 4.85. The highest BCUT2D eigenvalue weighted by Crippen LogP contribution is 2.46. The molecule has 1 aromatic carbocycles. The van der Waals surface area contributed by atoms with E-state index < -0.39 is 0 Å². The van der Waals surface area contributed by atoms with E-state index in [1.54, 1.807) is 12.4 Å². The normalized spacial score (nSPS) is 16.0. The lowest BCUT2D eigenvalue weighted by Crippen LogP contribution is -2.38. The molecule has 0 aliphatic carbocycles. The second-order valence-corrected chi connectivity index (χ2v) is 6.42. The van der Waals surface area contributed by atoms with Crippen LogP contribution in [0.3, 0.4) is 0 Å². The topological polar surface area (TPSA) is 45.2 Å². The van der Waals surface area contributed by atoms with Gasteiger partial charge < -0.3 is 9.80 Å². The number of anilines is 4. The second-order valence-electron chi connectivity index (χ2n) is 6.42. The third-order valence-corrected chi connectivity index (χ3v) is 4.79. The number of hydrogen-bond donors (Lipinski definition) is 0. The van der Waals surface area contributed by atoms with E-state index in [1.807, 2.05) is 24.5 Å². The third-order valence-electron chi connectivity index (χ3n) is 4.79. The molecule has 1 aliphatic rings. The largest absolute Gasteiger partial charge is 0.302 e. The van der Waals surface area contributed by atoms with E-state index in [4.69, 9.17) is 4.98 Å². The Morgan fingerprint density at radius 1 is 0.846 bits per heavy atom. The summed E-state index contributed by atoms with van der Waals surface area (Å²) in [5.74, 6) is 1.82. The maximum absolute atomic E-state index is 4.70. The number of aryl methyl sites for hydroxylation is 1. The Labute approximate surface area is 154 Å². The lowest BCUT2D eigenvalue weighted by molar-refractivity contribution is 0.659. The highest BCUT2D eigenvalue weighted by molar-refractivity contribution is 5.84. The van der Waals surface area contributed by atoms with Crippen molar-refractivity contribution in [1.82, 2.24) is 15.0 Å². The molecule has 2 aromatic heterocycles. The summed E-state index contributed by atoms with van der Waals surface area (Å²) in [4.78, 5) is 18.1. The molecule has 3 heterocycles. The number of rotatable bonds is 5. The Balaban J connectivity index is 1.88. The highest BCUT2D eigenvalue weighted by Gasteiger charge is 2.39. The number of hydrogen-bond acceptors (Lipinski definition) is 5. The fraction of sp³-hybridized carbons (Fsp3) is 0.286. The molecular formula is C21H23N5. The zero-order valence-corrected chi connectivity index (χ0v) is 15.2. The molecule has 0 saturated heterocycles. The van der Waals surface area contributed by atoms with Gasteiger partial charge in [0.1, 0.15) is 6.17 Å². The van der Waals surface area contributed by atoms with Gasteiger partial charge in [0.25, 0.3) is 0 Å². The van der Waals surface area contributed by atoms with Crippen LogP contribution in [0.1, 0.15) is 32.3 Å². The van der Waals surface area contributed by atoms with Gasteiger partial charge in [0.2, 0.25) is 0 Å². The first kappa shape index (κ1) is 16.5. The summed E-state index contributed by atoms with van der Waals surface area (Å²) in [6.45, 7) is 4.43. The molecule has 132 valence electrons. The molecule has 0 bridgehead atoms. The van der Waals surface area contributed by atoms with Crippen LogP contribution in [0.2, 0.25) is 0 Å². The molecule has 5 heteroatoms. The van der Waals surface area contributed by atoms with Crippen LogP contribution < -0.4 is 9.80 Å². The van der Waals surface area contributed by atoms with Crippen LogP contribution in [0.25, 0.3) is 0 Å². The quantitative estimate of drug-likeness (QED) is 0.661. The van der Waals surface area contributed by atoms with E-state index >= 15 is 0 Å². The van der Waals surface area contributed by atoms with Crippen LogP contribution in [-0.4, -0.2) is 21.1 Å². The Morgan fingerprint density at radius 2 is 1.54 bits per heavy atom. The molecule has 0 amide bonds. The average Bonchev–Trinajstić information content (AvgIpc) is 3.03. The van der Waals surface area contributed by atoms with Gasteiger partial charge in [-0.2, -0.15) is 0 Å². The highest BCUT2D eigenvalue weighted by atomic mass is 15.5. The van der Waals surface area contributed by atoms with E-state index in [9.17, 15) is 0 Å². The molecule has 26 heavy (non-hydrogen) atoms. The third kappa shape index (κ3) is 2.69. The molecule has 5 nitrogen and oxygen atoms in total. The zero-order chi connectivity index (χ0) is 17.9. The minimum absolute atomic E-state index is 0.132. The van der Waals surface area contributed by atoms with Gasteiger partial charge in [-0.1, -0.05) is 38.5 Å². The van der Waals surface area contributed by atoms with Crippen molar-refractivity contribution in [2.45, 2.75) is 39.3 Å². The number of aromatic nitrogens is 3. The van der Waals surface area contributed by atoms with Crippen molar-refractivity contribution in [3.05, 3.63) is 66.7 Å². The summed E-state index contributed by atoms with van der Waals surface area (Å²) in [6.07, 6.45) is 10.4. The van der Waals surface area contributed by atoms with Gasteiger partial charge in [-0.3, -0.25) is 4.98 Å².